The van der Waals surface area contributed by atoms with Crippen molar-refractivity contribution in [3.05, 3.63) is 0 Å². The number of ether oxygens (including phenoxy) is 1. The van der Waals surface area contributed by atoms with Crippen LogP contribution in [-0.4, -0.2) is 50.8 Å². The monoisotopic (exact) mass is 240 g/mol. The average molecular weight is 240 g/mol. The predicted octanol–water partition coefficient (Wildman–Crippen LogP) is 1.73. The van der Waals surface area contributed by atoms with Gasteiger partial charge in [-0.1, -0.05) is 6.92 Å². The van der Waals surface area contributed by atoms with Crippen molar-refractivity contribution >= 4 is 0 Å². The van der Waals surface area contributed by atoms with Crippen LogP contribution in [0, 0.1) is 11.8 Å². The fraction of sp³-hybridized carbons (Fsp3) is 1.00. The molecule has 1 N–H and O–H groups in total. The van der Waals surface area contributed by atoms with Crippen molar-refractivity contribution < 1.29 is 4.74 Å². The molecule has 1 saturated carbocycles. The smallest absolute Gasteiger partial charge is 0.0620 e. The lowest BCUT2D eigenvalue weighted by Gasteiger charge is -2.37. The molecule has 1 atom stereocenters. The molecule has 0 bridgehead atoms. The summed E-state index contributed by atoms with van der Waals surface area (Å²) >= 11 is 0. The highest BCUT2D eigenvalue weighted by Gasteiger charge is 2.36. The van der Waals surface area contributed by atoms with Crippen LogP contribution in [0.15, 0.2) is 0 Å². The molecular formula is C14H28N2O. The number of nitrogens with zero attached hydrogens (tertiary/aromatic N) is 1. The largest absolute Gasteiger partial charge is 0.383 e. The molecule has 1 aliphatic carbocycles. The Labute approximate surface area is 106 Å². The van der Waals surface area contributed by atoms with Crippen LogP contribution in [0.2, 0.25) is 0 Å². The van der Waals surface area contributed by atoms with Gasteiger partial charge in [0, 0.05) is 13.2 Å². The third-order valence-electron chi connectivity index (χ3n) is 4.30. The second kappa shape index (κ2) is 6.72. The van der Waals surface area contributed by atoms with E-state index in [2.05, 4.69) is 17.1 Å². The fourth-order valence-electron chi connectivity index (χ4n) is 3.03. The summed E-state index contributed by atoms with van der Waals surface area (Å²) in [5, 5.41) is 3.48. The Balaban J connectivity index is 1.72. The van der Waals surface area contributed by atoms with Gasteiger partial charge in [-0.3, -0.25) is 4.90 Å². The van der Waals surface area contributed by atoms with Crippen molar-refractivity contribution in [1.29, 1.82) is 0 Å². The molecule has 1 heterocycles. The normalized spacial score (nSPS) is 25.1. The zero-order valence-corrected chi connectivity index (χ0v) is 11.5. The molecule has 2 aliphatic rings. The van der Waals surface area contributed by atoms with Crippen LogP contribution in [0.3, 0.4) is 0 Å². The van der Waals surface area contributed by atoms with Crippen molar-refractivity contribution in [2.45, 2.75) is 38.6 Å². The Bertz CT molecular complexity index is 210. The summed E-state index contributed by atoms with van der Waals surface area (Å²) in [6, 6.07) is 0.708. The second-order valence-electron chi connectivity index (χ2n) is 5.65. The van der Waals surface area contributed by atoms with Gasteiger partial charge in [0.25, 0.3) is 0 Å². The first-order valence-corrected chi connectivity index (χ1v) is 7.28. The molecule has 100 valence electrons. The molecule has 1 saturated heterocycles. The summed E-state index contributed by atoms with van der Waals surface area (Å²) < 4.78 is 5.40. The van der Waals surface area contributed by atoms with E-state index in [0.717, 1.165) is 25.0 Å². The van der Waals surface area contributed by atoms with Gasteiger partial charge in [0.15, 0.2) is 0 Å². The van der Waals surface area contributed by atoms with Crippen LogP contribution in [0.1, 0.15) is 32.6 Å². The lowest BCUT2D eigenvalue weighted by molar-refractivity contribution is 0.0537. The summed E-state index contributed by atoms with van der Waals surface area (Å²) in [6.45, 7) is 8.00. The Morgan fingerprint density at radius 1 is 1.24 bits per heavy atom. The third kappa shape index (κ3) is 3.94. The van der Waals surface area contributed by atoms with Crippen LogP contribution in [-0.2, 0) is 4.74 Å². The highest BCUT2D eigenvalue weighted by Crippen LogP contribution is 2.36. The third-order valence-corrected chi connectivity index (χ3v) is 4.30. The molecule has 0 aromatic heterocycles. The second-order valence-corrected chi connectivity index (χ2v) is 5.65. The maximum absolute atomic E-state index is 5.40. The number of rotatable bonds is 7. The Kier molecular flexibility index (Phi) is 5.26. The molecular weight excluding hydrogens is 212 g/mol. The van der Waals surface area contributed by atoms with E-state index in [1.807, 2.05) is 7.11 Å². The summed E-state index contributed by atoms with van der Waals surface area (Å²) in [5.41, 5.74) is 0. The van der Waals surface area contributed by atoms with E-state index in [9.17, 15) is 0 Å². The molecule has 0 spiro atoms. The molecule has 17 heavy (non-hydrogen) atoms. The Morgan fingerprint density at radius 3 is 2.47 bits per heavy atom. The minimum absolute atomic E-state index is 0.708. The van der Waals surface area contributed by atoms with Crippen LogP contribution < -0.4 is 5.32 Å². The maximum Gasteiger partial charge on any atom is 0.0620 e. The summed E-state index contributed by atoms with van der Waals surface area (Å²) in [6.07, 6.45) is 5.57. The van der Waals surface area contributed by atoms with E-state index in [1.165, 1.54) is 45.3 Å². The van der Waals surface area contributed by atoms with Crippen molar-refractivity contribution in [2.75, 3.05) is 39.9 Å². The zero-order valence-electron chi connectivity index (χ0n) is 11.5. The minimum Gasteiger partial charge on any atom is -0.383 e. The van der Waals surface area contributed by atoms with Gasteiger partial charge < -0.3 is 10.1 Å². The molecule has 1 unspecified atom stereocenters. The minimum atomic E-state index is 0.708. The molecule has 1 aliphatic heterocycles. The van der Waals surface area contributed by atoms with Gasteiger partial charge in [-0.2, -0.15) is 0 Å². The van der Waals surface area contributed by atoms with E-state index in [-0.39, 0.29) is 0 Å². The van der Waals surface area contributed by atoms with Crippen molar-refractivity contribution in [1.82, 2.24) is 10.2 Å². The van der Waals surface area contributed by atoms with Crippen LogP contribution >= 0.6 is 0 Å². The van der Waals surface area contributed by atoms with Crippen molar-refractivity contribution in [3.8, 4) is 0 Å². The highest BCUT2D eigenvalue weighted by molar-refractivity contribution is 4.90. The standard InChI is InChI=1S/C14H28N2O/c1-3-15-10-12-6-8-16(9-7-12)14(11-17-2)13-4-5-13/h12-15H,3-11H2,1-2H3. The lowest BCUT2D eigenvalue weighted by Crippen LogP contribution is -2.46. The maximum atomic E-state index is 5.40. The number of methoxy groups -OCH3 is 1. The van der Waals surface area contributed by atoms with Crippen LogP contribution in [0.25, 0.3) is 0 Å². The molecule has 0 aromatic rings. The Morgan fingerprint density at radius 2 is 1.94 bits per heavy atom. The summed E-state index contributed by atoms with van der Waals surface area (Å²) in [4.78, 5) is 2.68. The SMILES string of the molecule is CCNCC1CCN(C(COC)C2CC2)CC1. The molecule has 0 aromatic carbocycles. The molecule has 3 heteroatoms. The predicted molar refractivity (Wildman–Crippen MR) is 71.2 cm³/mol. The van der Waals surface area contributed by atoms with Crippen LogP contribution in [0.4, 0.5) is 0 Å². The first-order chi connectivity index (χ1) is 8.35. The first-order valence-electron chi connectivity index (χ1n) is 7.28. The van der Waals surface area contributed by atoms with Gasteiger partial charge in [0.2, 0.25) is 0 Å². The van der Waals surface area contributed by atoms with Gasteiger partial charge >= 0.3 is 0 Å². The van der Waals surface area contributed by atoms with Crippen LogP contribution in [0.5, 0.6) is 0 Å². The van der Waals surface area contributed by atoms with E-state index < -0.39 is 0 Å². The van der Waals surface area contributed by atoms with Gasteiger partial charge in [-0.15, -0.1) is 0 Å². The summed E-state index contributed by atoms with van der Waals surface area (Å²) in [5.74, 6) is 1.83. The Hall–Kier alpha value is -0.120. The van der Waals surface area contributed by atoms with Crippen molar-refractivity contribution in [2.24, 2.45) is 11.8 Å². The molecule has 2 rings (SSSR count). The van der Waals surface area contributed by atoms with E-state index in [4.69, 9.17) is 4.74 Å². The number of hydrogen-bond acceptors (Lipinski definition) is 3. The zero-order chi connectivity index (χ0) is 12.1. The molecule has 2 fully saturated rings. The first kappa shape index (κ1) is 13.3. The number of likely N-dealkylation sites (tertiary alicyclic amines) is 1. The van der Waals surface area contributed by atoms with E-state index in [1.54, 1.807) is 0 Å². The number of piperidine rings is 1. The van der Waals surface area contributed by atoms with E-state index >= 15 is 0 Å². The lowest BCUT2D eigenvalue weighted by atomic mass is 9.95. The van der Waals surface area contributed by atoms with Gasteiger partial charge in [-0.25, -0.2) is 0 Å². The number of hydrogen-bond donors (Lipinski definition) is 1. The number of nitrogens with one attached hydrogen (secondary N) is 1. The summed E-state index contributed by atoms with van der Waals surface area (Å²) in [7, 11) is 1.84. The molecule has 3 nitrogen and oxygen atoms in total. The van der Waals surface area contributed by atoms with Crippen molar-refractivity contribution in [3.63, 3.8) is 0 Å². The highest BCUT2D eigenvalue weighted by atomic mass is 16.5. The average Bonchev–Trinajstić information content (AvgIpc) is 3.18. The fourth-order valence-corrected chi connectivity index (χ4v) is 3.03. The van der Waals surface area contributed by atoms with Gasteiger partial charge in [0.1, 0.15) is 0 Å². The topological polar surface area (TPSA) is 24.5 Å². The molecule has 0 amide bonds. The van der Waals surface area contributed by atoms with Gasteiger partial charge in [-0.05, 0) is 63.7 Å². The van der Waals surface area contributed by atoms with Gasteiger partial charge in [0.05, 0.1) is 6.61 Å². The van der Waals surface area contributed by atoms with E-state index in [0.29, 0.717) is 6.04 Å². The molecule has 0 radical (unpaired) electrons. The quantitative estimate of drug-likeness (QED) is 0.733.